The summed E-state index contributed by atoms with van der Waals surface area (Å²) in [5.74, 6) is 0. The molecule has 3 nitrogen and oxygen atoms in total. The van der Waals surface area contributed by atoms with E-state index in [1.165, 1.54) is 0 Å². The first-order valence-electron chi connectivity index (χ1n) is 5.13. The quantitative estimate of drug-likeness (QED) is 0.743. The van der Waals surface area contributed by atoms with E-state index in [1.54, 1.807) is 12.1 Å². The van der Waals surface area contributed by atoms with Crippen LogP contribution in [0.5, 0.6) is 0 Å². The molecule has 1 atom stereocenters. The van der Waals surface area contributed by atoms with E-state index >= 15 is 0 Å². The monoisotopic (exact) mass is 205 g/mol. The molecule has 3 heteroatoms. The molecule has 0 radical (unpaired) electrons. The molecule has 1 fully saturated rings. The van der Waals surface area contributed by atoms with Crippen LogP contribution in [0.2, 0.25) is 0 Å². The first kappa shape index (κ1) is 10.2. The van der Waals surface area contributed by atoms with E-state index in [2.05, 4.69) is 4.90 Å². The Morgan fingerprint density at radius 1 is 1.40 bits per heavy atom. The summed E-state index contributed by atoms with van der Waals surface area (Å²) in [4.78, 5) is 12.6. The number of carbonyl (C=O) groups excluding carboxylic acids is 1. The number of anilines is 1. The predicted octanol–water partition coefficient (Wildman–Crippen LogP) is 1.46. The number of aliphatic hydroxyl groups is 1. The lowest BCUT2D eigenvalue weighted by atomic mass is 10.1. The Balaban J connectivity index is 2.14. The highest BCUT2D eigenvalue weighted by Crippen LogP contribution is 2.26. The Morgan fingerprint density at radius 3 is 2.53 bits per heavy atom. The molecule has 0 spiro atoms. The van der Waals surface area contributed by atoms with Gasteiger partial charge in [-0.3, -0.25) is 4.79 Å². The van der Waals surface area contributed by atoms with Crippen molar-refractivity contribution in [3.05, 3.63) is 29.8 Å². The third kappa shape index (κ3) is 2.18. The lowest BCUT2D eigenvalue weighted by Gasteiger charge is -2.20. The molecule has 1 unspecified atom stereocenters. The van der Waals surface area contributed by atoms with Gasteiger partial charge in [0.2, 0.25) is 0 Å². The maximum Gasteiger partial charge on any atom is 0.150 e. The van der Waals surface area contributed by atoms with Gasteiger partial charge in [0.25, 0.3) is 0 Å². The summed E-state index contributed by atoms with van der Waals surface area (Å²) >= 11 is 0. The highest BCUT2D eigenvalue weighted by Gasteiger charge is 2.31. The van der Waals surface area contributed by atoms with E-state index in [-0.39, 0.29) is 0 Å². The minimum absolute atomic E-state index is 0.580. The van der Waals surface area contributed by atoms with Crippen LogP contribution >= 0.6 is 0 Å². The summed E-state index contributed by atoms with van der Waals surface area (Å²) in [7, 11) is 0. The van der Waals surface area contributed by atoms with Gasteiger partial charge in [-0.05, 0) is 37.6 Å². The van der Waals surface area contributed by atoms with Crippen LogP contribution in [0, 0.1) is 0 Å². The summed E-state index contributed by atoms with van der Waals surface area (Å²) in [5.41, 5.74) is 1.17. The summed E-state index contributed by atoms with van der Waals surface area (Å²) < 4.78 is 0. The molecule has 1 aromatic carbocycles. The Hall–Kier alpha value is -1.35. The lowest BCUT2D eigenvalue weighted by molar-refractivity contribution is 0.0839. The predicted molar refractivity (Wildman–Crippen MR) is 59.3 cm³/mol. The summed E-state index contributed by atoms with van der Waals surface area (Å²) in [6.45, 7) is 3.38. The molecule has 1 aliphatic rings. The molecule has 1 heterocycles. The SMILES string of the molecule is CC1(O)CCN(c2ccc(C=O)cc2)C1. The zero-order valence-electron chi connectivity index (χ0n) is 8.81. The normalized spacial score (nSPS) is 25.6. The number of benzene rings is 1. The minimum Gasteiger partial charge on any atom is -0.388 e. The van der Waals surface area contributed by atoms with Crippen molar-refractivity contribution in [2.24, 2.45) is 0 Å². The first-order valence-corrected chi connectivity index (χ1v) is 5.13. The van der Waals surface area contributed by atoms with E-state index in [9.17, 15) is 9.90 Å². The van der Waals surface area contributed by atoms with Crippen molar-refractivity contribution in [1.82, 2.24) is 0 Å². The fraction of sp³-hybridized carbons (Fsp3) is 0.417. The van der Waals surface area contributed by atoms with Crippen molar-refractivity contribution in [3.63, 3.8) is 0 Å². The van der Waals surface area contributed by atoms with Crippen molar-refractivity contribution in [2.75, 3.05) is 18.0 Å². The first-order chi connectivity index (χ1) is 7.11. The van der Waals surface area contributed by atoms with E-state index in [1.807, 2.05) is 19.1 Å². The van der Waals surface area contributed by atoms with E-state index in [0.717, 1.165) is 24.9 Å². The van der Waals surface area contributed by atoms with Gasteiger partial charge in [-0.15, -0.1) is 0 Å². The average Bonchev–Trinajstić information content (AvgIpc) is 2.59. The van der Waals surface area contributed by atoms with Gasteiger partial charge in [0, 0.05) is 24.3 Å². The second-order valence-electron chi connectivity index (χ2n) is 4.38. The van der Waals surface area contributed by atoms with E-state index in [0.29, 0.717) is 12.1 Å². The number of hydrogen-bond acceptors (Lipinski definition) is 3. The topological polar surface area (TPSA) is 40.5 Å². The largest absolute Gasteiger partial charge is 0.388 e. The van der Waals surface area contributed by atoms with Gasteiger partial charge < -0.3 is 10.0 Å². The van der Waals surface area contributed by atoms with Gasteiger partial charge in [-0.2, -0.15) is 0 Å². The molecular weight excluding hydrogens is 190 g/mol. The van der Waals surface area contributed by atoms with Crippen molar-refractivity contribution >= 4 is 12.0 Å². The van der Waals surface area contributed by atoms with E-state index in [4.69, 9.17) is 0 Å². The smallest absolute Gasteiger partial charge is 0.150 e. The molecular formula is C12H15NO2. The summed E-state index contributed by atoms with van der Waals surface area (Å²) in [5, 5.41) is 9.83. The number of aldehydes is 1. The standard InChI is InChI=1S/C12H15NO2/c1-12(15)6-7-13(9-12)11-4-2-10(8-14)3-5-11/h2-5,8,15H,6-7,9H2,1H3. The molecule has 0 bridgehead atoms. The van der Waals surface area contributed by atoms with Crippen LogP contribution in [0.15, 0.2) is 24.3 Å². The molecule has 80 valence electrons. The molecule has 2 rings (SSSR count). The molecule has 1 saturated heterocycles. The van der Waals surface area contributed by atoms with Gasteiger partial charge in [0.1, 0.15) is 6.29 Å². The molecule has 0 amide bonds. The molecule has 1 aromatic rings. The molecule has 0 aromatic heterocycles. The average molecular weight is 205 g/mol. The Labute approximate surface area is 89.3 Å². The van der Waals surface area contributed by atoms with Crippen LogP contribution in [-0.2, 0) is 0 Å². The Kier molecular flexibility index (Phi) is 2.49. The third-order valence-electron chi connectivity index (χ3n) is 2.85. The van der Waals surface area contributed by atoms with Gasteiger partial charge in [0.15, 0.2) is 0 Å². The van der Waals surface area contributed by atoms with Crippen LogP contribution in [0.4, 0.5) is 5.69 Å². The molecule has 0 saturated carbocycles. The highest BCUT2D eigenvalue weighted by molar-refractivity contribution is 5.75. The van der Waals surface area contributed by atoms with Crippen LogP contribution < -0.4 is 4.90 Å². The van der Waals surface area contributed by atoms with Gasteiger partial charge in [0.05, 0.1) is 5.60 Å². The second-order valence-corrected chi connectivity index (χ2v) is 4.38. The summed E-state index contributed by atoms with van der Waals surface area (Å²) in [6, 6.07) is 7.45. The number of carbonyl (C=O) groups is 1. The molecule has 1 aliphatic heterocycles. The maximum absolute atomic E-state index is 10.5. The van der Waals surface area contributed by atoms with E-state index < -0.39 is 5.60 Å². The van der Waals surface area contributed by atoms with Crippen molar-refractivity contribution in [2.45, 2.75) is 18.9 Å². The Morgan fingerprint density at radius 2 is 2.07 bits per heavy atom. The lowest BCUT2D eigenvalue weighted by Crippen LogP contribution is -2.29. The highest BCUT2D eigenvalue weighted by atomic mass is 16.3. The fourth-order valence-electron chi connectivity index (χ4n) is 1.93. The summed E-state index contributed by atoms with van der Waals surface area (Å²) in [6.07, 6.45) is 1.63. The minimum atomic E-state index is -0.580. The number of nitrogens with zero attached hydrogens (tertiary/aromatic N) is 1. The van der Waals surface area contributed by atoms with Crippen LogP contribution in [0.3, 0.4) is 0 Å². The third-order valence-corrected chi connectivity index (χ3v) is 2.85. The number of rotatable bonds is 2. The molecule has 1 N–H and O–H groups in total. The van der Waals surface area contributed by atoms with Crippen molar-refractivity contribution in [3.8, 4) is 0 Å². The van der Waals surface area contributed by atoms with Crippen molar-refractivity contribution < 1.29 is 9.90 Å². The van der Waals surface area contributed by atoms with Crippen molar-refractivity contribution in [1.29, 1.82) is 0 Å². The van der Waals surface area contributed by atoms with Gasteiger partial charge >= 0.3 is 0 Å². The van der Waals surface area contributed by atoms with Crippen LogP contribution in [-0.4, -0.2) is 30.1 Å². The maximum atomic E-state index is 10.5. The molecule has 15 heavy (non-hydrogen) atoms. The Bertz CT molecular complexity index is 356. The number of β-amino-alcohol motifs (C(OH)–C–C–N with tert-alkyl or cyclic N) is 1. The van der Waals surface area contributed by atoms with Gasteiger partial charge in [-0.1, -0.05) is 0 Å². The van der Waals surface area contributed by atoms with Crippen LogP contribution in [0.25, 0.3) is 0 Å². The van der Waals surface area contributed by atoms with Crippen LogP contribution in [0.1, 0.15) is 23.7 Å². The second kappa shape index (κ2) is 3.66. The zero-order chi connectivity index (χ0) is 10.9. The molecule has 0 aliphatic carbocycles. The fourth-order valence-corrected chi connectivity index (χ4v) is 1.93. The zero-order valence-corrected chi connectivity index (χ0v) is 8.81. The van der Waals surface area contributed by atoms with Gasteiger partial charge in [-0.25, -0.2) is 0 Å². The number of hydrogen-bond donors (Lipinski definition) is 1.